The molecule has 4 rings (SSSR count). The molecule has 170 valence electrons. The van der Waals surface area contributed by atoms with Crippen LogP contribution in [0, 0.1) is 6.92 Å². The Hall–Kier alpha value is -3.74. The van der Waals surface area contributed by atoms with Gasteiger partial charge in [0, 0.05) is 26.1 Å². The summed E-state index contributed by atoms with van der Waals surface area (Å²) in [6.45, 7) is 2.03. The number of aromatic nitrogens is 2. The Morgan fingerprint density at radius 2 is 1.76 bits per heavy atom. The van der Waals surface area contributed by atoms with Crippen molar-refractivity contribution >= 4 is 11.8 Å². The van der Waals surface area contributed by atoms with Gasteiger partial charge in [-0.05, 0) is 42.5 Å². The molecule has 33 heavy (non-hydrogen) atoms. The molecule has 1 aliphatic heterocycles. The number of amides is 2. The van der Waals surface area contributed by atoms with Crippen molar-refractivity contribution in [3.05, 3.63) is 88.3 Å². The maximum absolute atomic E-state index is 13.4. The van der Waals surface area contributed by atoms with Crippen molar-refractivity contribution in [2.45, 2.75) is 38.3 Å². The second-order valence-corrected chi connectivity index (χ2v) is 8.43. The van der Waals surface area contributed by atoms with Crippen molar-refractivity contribution in [2.75, 3.05) is 13.6 Å². The number of nitrogens with one attached hydrogen (secondary N) is 1. The maximum atomic E-state index is 13.4. The summed E-state index contributed by atoms with van der Waals surface area (Å²) in [5.41, 5.74) is 2.39. The van der Waals surface area contributed by atoms with Gasteiger partial charge in [0.05, 0.1) is 5.69 Å². The zero-order valence-electron chi connectivity index (χ0n) is 19.0. The van der Waals surface area contributed by atoms with Crippen LogP contribution in [0.1, 0.15) is 24.1 Å². The smallest absolute Gasteiger partial charge is 0.267 e. The molecular formula is C26H28N4O3. The quantitative estimate of drug-likeness (QED) is 0.633. The summed E-state index contributed by atoms with van der Waals surface area (Å²) >= 11 is 0. The highest BCUT2D eigenvalue weighted by atomic mass is 16.2. The third-order valence-corrected chi connectivity index (χ3v) is 6.31. The van der Waals surface area contributed by atoms with Crippen molar-refractivity contribution in [3.8, 4) is 11.1 Å². The fraction of sp³-hybridized carbons (Fsp3) is 0.308. The minimum absolute atomic E-state index is 0.194. The minimum atomic E-state index is -1.02. The summed E-state index contributed by atoms with van der Waals surface area (Å²) < 4.78 is 1.17. The summed E-state index contributed by atoms with van der Waals surface area (Å²) in [6, 6.07) is 21.0. The van der Waals surface area contributed by atoms with E-state index < -0.39 is 5.54 Å². The largest absolute Gasteiger partial charge is 0.357 e. The van der Waals surface area contributed by atoms with Gasteiger partial charge in [-0.15, -0.1) is 0 Å². The molecule has 1 fully saturated rings. The molecule has 1 unspecified atom stereocenters. The molecule has 0 radical (unpaired) electrons. The molecule has 1 aromatic heterocycles. The average Bonchev–Trinajstić information content (AvgIpc) is 3.26. The molecule has 0 saturated carbocycles. The summed E-state index contributed by atoms with van der Waals surface area (Å²) in [5.74, 6) is -0.478. The number of benzene rings is 2. The Morgan fingerprint density at radius 3 is 2.52 bits per heavy atom. The molecule has 1 aliphatic rings. The molecule has 1 saturated heterocycles. The van der Waals surface area contributed by atoms with E-state index >= 15 is 0 Å². The lowest BCUT2D eigenvalue weighted by atomic mass is 9.84. The number of aryl methyl sites for hydroxylation is 1. The minimum Gasteiger partial charge on any atom is -0.357 e. The van der Waals surface area contributed by atoms with E-state index in [1.807, 2.05) is 54.6 Å². The summed E-state index contributed by atoms with van der Waals surface area (Å²) in [7, 11) is 1.60. The molecule has 2 heterocycles. The van der Waals surface area contributed by atoms with Gasteiger partial charge in [-0.3, -0.25) is 14.4 Å². The second kappa shape index (κ2) is 9.40. The number of carbonyl (C=O) groups excluding carboxylic acids is 2. The molecule has 0 bridgehead atoms. The molecule has 3 aromatic rings. The van der Waals surface area contributed by atoms with Gasteiger partial charge in [0.2, 0.25) is 11.8 Å². The van der Waals surface area contributed by atoms with Crippen LogP contribution in [0.25, 0.3) is 11.1 Å². The molecule has 0 aliphatic carbocycles. The van der Waals surface area contributed by atoms with Gasteiger partial charge in [-0.1, -0.05) is 54.6 Å². The Labute approximate surface area is 193 Å². The first-order valence-corrected chi connectivity index (χ1v) is 11.2. The Morgan fingerprint density at radius 1 is 1.03 bits per heavy atom. The molecule has 7 heteroatoms. The van der Waals surface area contributed by atoms with E-state index in [1.54, 1.807) is 24.9 Å². The van der Waals surface area contributed by atoms with Gasteiger partial charge < -0.3 is 10.2 Å². The maximum Gasteiger partial charge on any atom is 0.267 e. The van der Waals surface area contributed by atoms with Crippen LogP contribution < -0.4 is 10.9 Å². The van der Waals surface area contributed by atoms with Crippen LogP contribution in [0.2, 0.25) is 0 Å². The first-order valence-electron chi connectivity index (χ1n) is 11.2. The third-order valence-electron chi connectivity index (χ3n) is 6.31. The van der Waals surface area contributed by atoms with E-state index in [4.69, 9.17) is 0 Å². The fourth-order valence-corrected chi connectivity index (χ4v) is 4.74. The van der Waals surface area contributed by atoms with Crippen LogP contribution in [0.3, 0.4) is 0 Å². The number of rotatable bonds is 6. The third kappa shape index (κ3) is 4.44. The topological polar surface area (TPSA) is 84.3 Å². The van der Waals surface area contributed by atoms with Crippen LogP contribution in [0.5, 0.6) is 0 Å². The number of nitrogens with zero attached hydrogens (tertiary/aromatic N) is 3. The highest BCUT2D eigenvalue weighted by Crippen LogP contribution is 2.36. The van der Waals surface area contributed by atoms with E-state index in [0.29, 0.717) is 31.5 Å². The van der Waals surface area contributed by atoms with Crippen molar-refractivity contribution in [2.24, 2.45) is 0 Å². The van der Waals surface area contributed by atoms with E-state index in [9.17, 15) is 14.4 Å². The monoisotopic (exact) mass is 444 g/mol. The summed E-state index contributed by atoms with van der Waals surface area (Å²) in [4.78, 5) is 40.6. The van der Waals surface area contributed by atoms with Crippen molar-refractivity contribution in [1.82, 2.24) is 20.0 Å². The van der Waals surface area contributed by atoms with E-state index in [-0.39, 0.29) is 23.9 Å². The zero-order chi connectivity index (χ0) is 23.4. The van der Waals surface area contributed by atoms with Crippen LogP contribution in [-0.4, -0.2) is 45.6 Å². The Bertz CT molecular complexity index is 1220. The molecule has 7 nitrogen and oxygen atoms in total. The molecule has 1 N–H and O–H groups in total. The van der Waals surface area contributed by atoms with Gasteiger partial charge in [0.25, 0.3) is 5.56 Å². The normalized spacial score (nSPS) is 17.7. The molecular weight excluding hydrogens is 416 g/mol. The van der Waals surface area contributed by atoms with Crippen LogP contribution >= 0.6 is 0 Å². The van der Waals surface area contributed by atoms with Gasteiger partial charge in [0.1, 0.15) is 12.1 Å². The predicted molar refractivity (Wildman–Crippen MR) is 127 cm³/mol. The lowest BCUT2D eigenvalue weighted by Crippen LogP contribution is -2.59. The zero-order valence-corrected chi connectivity index (χ0v) is 19.0. The summed E-state index contributed by atoms with van der Waals surface area (Å²) in [5, 5.41) is 6.97. The van der Waals surface area contributed by atoms with E-state index in [1.165, 1.54) is 10.7 Å². The second-order valence-electron chi connectivity index (χ2n) is 8.43. The van der Waals surface area contributed by atoms with Crippen LogP contribution in [-0.2, 0) is 22.6 Å². The van der Waals surface area contributed by atoms with Gasteiger partial charge in [0.15, 0.2) is 0 Å². The van der Waals surface area contributed by atoms with Gasteiger partial charge in [-0.2, -0.15) is 5.10 Å². The first kappa shape index (κ1) is 22.5. The van der Waals surface area contributed by atoms with Gasteiger partial charge >= 0.3 is 0 Å². The summed E-state index contributed by atoms with van der Waals surface area (Å²) in [6.07, 6.45) is 1.65. The number of carbonyl (C=O) groups is 2. The molecule has 1 atom stereocenters. The predicted octanol–water partition coefficient (Wildman–Crippen LogP) is 2.57. The fourth-order valence-electron chi connectivity index (χ4n) is 4.74. The van der Waals surface area contributed by atoms with Crippen molar-refractivity contribution in [3.63, 3.8) is 0 Å². The van der Waals surface area contributed by atoms with Crippen molar-refractivity contribution in [1.29, 1.82) is 0 Å². The first-order chi connectivity index (χ1) is 15.9. The molecule has 0 spiro atoms. The lowest BCUT2D eigenvalue weighted by molar-refractivity contribution is -0.145. The van der Waals surface area contributed by atoms with Crippen LogP contribution in [0.15, 0.2) is 71.5 Å². The Kier molecular flexibility index (Phi) is 6.40. The number of hydrogen-bond donors (Lipinski definition) is 1. The number of hydrogen-bond acceptors (Lipinski definition) is 4. The molecule has 2 aromatic carbocycles. The van der Waals surface area contributed by atoms with E-state index in [2.05, 4.69) is 10.4 Å². The van der Waals surface area contributed by atoms with Crippen molar-refractivity contribution < 1.29 is 9.59 Å². The number of likely N-dealkylation sites (tertiary alicyclic amines) is 1. The average molecular weight is 445 g/mol. The standard InChI is InChI=1S/C26H28N4O3/c1-19-13-14-23(31)30(28-19)18-24(32)29-16-8-15-26(29,25(33)27-2)17-21-11-6-7-12-22(21)20-9-4-3-5-10-20/h3-7,9-14H,8,15-18H2,1-2H3,(H,27,33). The molecule has 2 amide bonds. The SMILES string of the molecule is CNC(=O)C1(Cc2ccccc2-c2ccccc2)CCCN1C(=O)Cn1nc(C)ccc1=O. The highest BCUT2D eigenvalue weighted by molar-refractivity contribution is 5.92. The lowest BCUT2D eigenvalue weighted by Gasteiger charge is -2.37. The van der Waals surface area contributed by atoms with Crippen LogP contribution in [0.4, 0.5) is 0 Å². The Balaban J connectivity index is 1.71. The van der Waals surface area contributed by atoms with E-state index in [0.717, 1.165) is 16.7 Å². The van der Waals surface area contributed by atoms with Gasteiger partial charge in [-0.25, -0.2) is 4.68 Å². The number of likely N-dealkylation sites (N-methyl/N-ethyl adjacent to an activating group) is 1. The highest BCUT2D eigenvalue weighted by Gasteiger charge is 2.49.